The highest BCUT2D eigenvalue weighted by Crippen LogP contribution is 2.26. The minimum absolute atomic E-state index is 0.0531. The van der Waals surface area contributed by atoms with Crippen LogP contribution in [0.25, 0.3) is 0 Å². The average molecular weight is 253 g/mol. The van der Waals surface area contributed by atoms with Crippen LogP contribution in [0.4, 0.5) is 4.39 Å². The second kappa shape index (κ2) is 5.24. The fourth-order valence-corrected chi connectivity index (χ4v) is 2.37. The van der Waals surface area contributed by atoms with Crippen LogP contribution in [0.1, 0.15) is 31.9 Å². The molecule has 0 saturated carbocycles. The zero-order valence-electron chi connectivity index (χ0n) is 11.1. The molecule has 1 fully saturated rings. The molecule has 0 bridgehead atoms. The largest absolute Gasteiger partial charge is 0.497 e. The summed E-state index contributed by atoms with van der Waals surface area (Å²) in [5, 5.41) is 3.44. The molecule has 2 rings (SSSR count). The van der Waals surface area contributed by atoms with Crippen molar-refractivity contribution in [3.8, 4) is 5.75 Å². The third-order valence-corrected chi connectivity index (χ3v) is 3.46. The van der Waals surface area contributed by atoms with E-state index in [1.807, 2.05) is 6.92 Å². The Kier molecular flexibility index (Phi) is 3.88. The van der Waals surface area contributed by atoms with Crippen LogP contribution in [0.2, 0.25) is 0 Å². The number of rotatable bonds is 4. The second-order valence-corrected chi connectivity index (χ2v) is 5.12. The summed E-state index contributed by atoms with van der Waals surface area (Å²) >= 11 is 0. The van der Waals surface area contributed by atoms with E-state index in [0.717, 1.165) is 13.0 Å². The highest BCUT2D eigenvalue weighted by molar-refractivity contribution is 5.30. The molecule has 18 heavy (non-hydrogen) atoms. The van der Waals surface area contributed by atoms with E-state index in [0.29, 0.717) is 17.9 Å². The highest BCUT2D eigenvalue weighted by atomic mass is 19.1. The van der Waals surface area contributed by atoms with Crippen LogP contribution in [0, 0.1) is 5.82 Å². The van der Waals surface area contributed by atoms with Crippen molar-refractivity contribution in [3.05, 3.63) is 29.6 Å². The molecule has 0 aromatic heterocycles. The molecule has 0 spiro atoms. The first kappa shape index (κ1) is 13.3. The Labute approximate surface area is 107 Å². The smallest absolute Gasteiger partial charge is 0.131 e. The van der Waals surface area contributed by atoms with E-state index in [-0.39, 0.29) is 17.4 Å². The van der Waals surface area contributed by atoms with Gasteiger partial charge in [-0.1, -0.05) is 6.07 Å². The second-order valence-electron chi connectivity index (χ2n) is 5.12. The first-order valence-electron chi connectivity index (χ1n) is 6.23. The molecule has 2 atom stereocenters. The molecule has 100 valence electrons. The summed E-state index contributed by atoms with van der Waals surface area (Å²) < 4.78 is 24.3. The van der Waals surface area contributed by atoms with Gasteiger partial charge in [0, 0.05) is 29.8 Å². The van der Waals surface area contributed by atoms with Crippen LogP contribution in [0.3, 0.4) is 0 Å². The minimum Gasteiger partial charge on any atom is -0.497 e. The highest BCUT2D eigenvalue weighted by Gasteiger charge is 2.31. The zero-order valence-corrected chi connectivity index (χ0v) is 11.1. The number of ether oxygens (including phenoxy) is 2. The Morgan fingerprint density at radius 3 is 2.83 bits per heavy atom. The van der Waals surface area contributed by atoms with Crippen molar-refractivity contribution in [2.45, 2.75) is 31.8 Å². The normalized spacial score (nSPS) is 25.1. The lowest BCUT2D eigenvalue weighted by atomic mass is 9.98. The van der Waals surface area contributed by atoms with Crippen molar-refractivity contribution in [2.24, 2.45) is 0 Å². The van der Waals surface area contributed by atoms with Crippen LogP contribution in [0.15, 0.2) is 18.2 Å². The first-order valence-corrected chi connectivity index (χ1v) is 6.23. The third-order valence-electron chi connectivity index (χ3n) is 3.46. The van der Waals surface area contributed by atoms with E-state index >= 15 is 0 Å². The average Bonchev–Trinajstić information content (AvgIpc) is 2.75. The van der Waals surface area contributed by atoms with Gasteiger partial charge in [-0.3, -0.25) is 0 Å². The van der Waals surface area contributed by atoms with Crippen molar-refractivity contribution in [1.82, 2.24) is 5.32 Å². The maximum atomic E-state index is 13.9. The number of hydrogen-bond donors (Lipinski definition) is 1. The van der Waals surface area contributed by atoms with E-state index in [2.05, 4.69) is 12.2 Å². The molecule has 4 heteroatoms. The van der Waals surface area contributed by atoms with Crippen molar-refractivity contribution < 1.29 is 13.9 Å². The number of halogens is 1. The Morgan fingerprint density at radius 1 is 1.50 bits per heavy atom. The van der Waals surface area contributed by atoms with Gasteiger partial charge in [0.2, 0.25) is 0 Å². The maximum Gasteiger partial charge on any atom is 0.131 e. The number of benzene rings is 1. The zero-order chi connectivity index (χ0) is 13.2. The number of nitrogens with one attached hydrogen (secondary N) is 1. The van der Waals surface area contributed by atoms with Gasteiger partial charge in [-0.05, 0) is 26.3 Å². The van der Waals surface area contributed by atoms with Crippen molar-refractivity contribution >= 4 is 0 Å². The SMILES string of the molecule is COc1ccc(C(C)NC2(C)CCOC2)c(F)c1. The fourth-order valence-electron chi connectivity index (χ4n) is 2.37. The standard InChI is InChI=1S/C14H20FNO2/c1-10(16-14(2)6-7-18-9-14)12-5-4-11(17-3)8-13(12)15/h4-5,8,10,16H,6-7,9H2,1-3H3. The summed E-state index contributed by atoms with van der Waals surface area (Å²) in [5.74, 6) is 0.302. The number of methoxy groups -OCH3 is 1. The van der Waals surface area contributed by atoms with Gasteiger partial charge >= 0.3 is 0 Å². The molecule has 3 nitrogen and oxygen atoms in total. The molecule has 0 amide bonds. The lowest BCUT2D eigenvalue weighted by Gasteiger charge is -2.28. The molecule has 1 saturated heterocycles. The van der Waals surface area contributed by atoms with Crippen molar-refractivity contribution in [2.75, 3.05) is 20.3 Å². The predicted molar refractivity (Wildman–Crippen MR) is 68.3 cm³/mol. The van der Waals surface area contributed by atoms with Crippen molar-refractivity contribution in [1.29, 1.82) is 0 Å². The quantitative estimate of drug-likeness (QED) is 0.895. The molecule has 1 aromatic carbocycles. The lowest BCUT2D eigenvalue weighted by molar-refractivity contribution is 0.167. The van der Waals surface area contributed by atoms with E-state index in [4.69, 9.17) is 9.47 Å². The first-order chi connectivity index (χ1) is 8.54. The van der Waals surface area contributed by atoms with Crippen LogP contribution in [-0.4, -0.2) is 25.9 Å². The van der Waals surface area contributed by atoms with Crippen LogP contribution in [-0.2, 0) is 4.74 Å². The van der Waals surface area contributed by atoms with Crippen LogP contribution in [0.5, 0.6) is 5.75 Å². The van der Waals surface area contributed by atoms with Gasteiger partial charge in [0.05, 0.1) is 13.7 Å². The predicted octanol–water partition coefficient (Wildman–Crippen LogP) is 2.66. The van der Waals surface area contributed by atoms with Gasteiger partial charge in [-0.25, -0.2) is 4.39 Å². The van der Waals surface area contributed by atoms with Gasteiger partial charge in [0.15, 0.2) is 0 Å². The van der Waals surface area contributed by atoms with Crippen LogP contribution >= 0.6 is 0 Å². The molecule has 0 aliphatic carbocycles. The summed E-state index contributed by atoms with van der Waals surface area (Å²) in [6.45, 7) is 5.52. The Morgan fingerprint density at radius 2 is 2.28 bits per heavy atom. The molecule has 1 aliphatic rings. The molecule has 0 radical (unpaired) electrons. The number of hydrogen-bond acceptors (Lipinski definition) is 3. The van der Waals surface area contributed by atoms with Crippen molar-refractivity contribution in [3.63, 3.8) is 0 Å². The molecule has 2 unspecified atom stereocenters. The summed E-state index contributed by atoms with van der Waals surface area (Å²) in [7, 11) is 1.53. The molecule has 1 aromatic rings. The monoisotopic (exact) mass is 253 g/mol. The topological polar surface area (TPSA) is 30.5 Å². The summed E-state index contributed by atoms with van der Waals surface area (Å²) in [4.78, 5) is 0. The summed E-state index contributed by atoms with van der Waals surface area (Å²) in [5.41, 5.74) is 0.593. The maximum absolute atomic E-state index is 13.9. The Balaban J connectivity index is 2.11. The van der Waals surface area contributed by atoms with E-state index in [1.165, 1.54) is 13.2 Å². The van der Waals surface area contributed by atoms with E-state index in [1.54, 1.807) is 12.1 Å². The molecule has 1 N–H and O–H groups in total. The molecular weight excluding hydrogens is 233 g/mol. The van der Waals surface area contributed by atoms with E-state index < -0.39 is 0 Å². The molecule has 1 heterocycles. The van der Waals surface area contributed by atoms with Gasteiger partial charge in [0.25, 0.3) is 0 Å². The van der Waals surface area contributed by atoms with Gasteiger partial charge < -0.3 is 14.8 Å². The fraction of sp³-hybridized carbons (Fsp3) is 0.571. The van der Waals surface area contributed by atoms with E-state index in [9.17, 15) is 4.39 Å². The summed E-state index contributed by atoms with van der Waals surface area (Å²) in [6.07, 6.45) is 0.953. The Bertz CT molecular complexity index is 416. The van der Waals surface area contributed by atoms with Gasteiger partial charge in [-0.15, -0.1) is 0 Å². The Hall–Kier alpha value is -1.13. The molecular formula is C14H20FNO2. The molecule has 1 aliphatic heterocycles. The lowest BCUT2D eigenvalue weighted by Crippen LogP contribution is -2.44. The van der Waals surface area contributed by atoms with Gasteiger partial charge in [-0.2, -0.15) is 0 Å². The summed E-state index contributed by atoms with van der Waals surface area (Å²) in [6, 6.07) is 4.92. The minimum atomic E-state index is -0.239. The third kappa shape index (κ3) is 2.82. The van der Waals surface area contributed by atoms with Crippen LogP contribution < -0.4 is 10.1 Å². The van der Waals surface area contributed by atoms with Gasteiger partial charge in [0.1, 0.15) is 11.6 Å².